The molecule has 4 aliphatic rings. The second-order valence-electron chi connectivity index (χ2n) is 8.37. The molecule has 0 spiro atoms. The van der Waals surface area contributed by atoms with Crippen LogP contribution in [0.1, 0.15) is 59.3 Å². The van der Waals surface area contributed by atoms with Crippen LogP contribution in [0.4, 0.5) is 0 Å². The lowest BCUT2D eigenvalue weighted by molar-refractivity contribution is -0.201. The van der Waals surface area contributed by atoms with Gasteiger partial charge >= 0.3 is 11.9 Å². The minimum Gasteiger partial charge on any atom is -0.462 e. The minimum absolute atomic E-state index is 0.137. The monoisotopic (exact) mass is 340 g/mol. The Morgan fingerprint density at radius 2 is 2.12 bits per heavy atom. The number of carbonyl (C=O) groups excluding carboxylic acids is 2. The Morgan fingerprint density at radius 3 is 2.83 bits per heavy atom. The minimum atomic E-state index is -1.01. The van der Waals surface area contributed by atoms with Crippen LogP contribution in [0.3, 0.4) is 0 Å². The Balaban J connectivity index is 1.59. The molecule has 2 aliphatic carbocycles. The highest BCUT2D eigenvalue weighted by Crippen LogP contribution is 2.51. The summed E-state index contributed by atoms with van der Waals surface area (Å²) in [6.07, 6.45) is 3.23. The molecule has 0 radical (unpaired) electrons. The van der Waals surface area contributed by atoms with Crippen molar-refractivity contribution in [2.45, 2.75) is 77.3 Å². The van der Waals surface area contributed by atoms with Crippen molar-refractivity contribution in [3.8, 4) is 0 Å². The third-order valence-electron chi connectivity index (χ3n) is 5.98. The maximum absolute atomic E-state index is 12.3. The maximum Gasteiger partial charge on any atom is 0.332 e. The Labute approximate surface area is 142 Å². The van der Waals surface area contributed by atoms with Crippen LogP contribution in [-0.2, 0) is 23.8 Å². The highest BCUT2D eigenvalue weighted by molar-refractivity contribution is 5.75. The lowest BCUT2D eigenvalue weighted by Gasteiger charge is -2.45. The topological polar surface area (TPSA) is 82.1 Å². The molecule has 2 saturated heterocycles. The predicted molar refractivity (Wildman–Crippen MR) is 84.8 cm³/mol. The molecule has 0 aromatic rings. The van der Waals surface area contributed by atoms with E-state index in [9.17, 15) is 14.7 Å². The molecule has 5 unspecified atom stereocenters. The number of hydrogen-bond acceptors (Lipinski definition) is 6. The maximum atomic E-state index is 12.3. The first kappa shape index (κ1) is 17.7. The summed E-state index contributed by atoms with van der Waals surface area (Å²) in [4.78, 5) is 24.3. The molecule has 2 heterocycles. The fraction of sp³-hybridized carbons (Fsp3) is 0.889. The van der Waals surface area contributed by atoms with E-state index in [2.05, 4.69) is 0 Å². The number of fused-ring (bicyclic) bond motifs is 1. The molecule has 2 aliphatic heterocycles. The van der Waals surface area contributed by atoms with Gasteiger partial charge in [0, 0.05) is 18.3 Å². The zero-order chi connectivity index (χ0) is 17.5. The molecule has 2 saturated carbocycles. The molecule has 4 fully saturated rings. The number of rotatable bonds is 6. The van der Waals surface area contributed by atoms with Gasteiger partial charge in [0.05, 0.1) is 5.92 Å². The van der Waals surface area contributed by atoms with E-state index in [1.54, 1.807) is 0 Å². The Morgan fingerprint density at radius 1 is 1.38 bits per heavy atom. The van der Waals surface area contributed by atoms with Crippen LogP contribution in [0.5, 0.6) is 0 Å². The van der Waals surface area contributed by atoms with Gasteiger partial charge < -0.3 is 19.3 Å². The van der Waals surface area contributed by atoms with E-state index < -0.39 is 23.3 Å². The van der Waals surface area contributed by atoms with Crippen molar-refractivity contribution in [2.24, 2.45) is 17.3 Å². The molecular weight excluding hydrogens is 312 g/mol. The first-order valence-corrected chi connectivity index (χ1v) is 8.95. The van der Waals surface area contributed by atoms with Crippen molar-refractivity contribution in [3.05, 3.63) is 0 Å². The van der Waals surface area contributed by atoms with Gasteiger partial charge in [0.2, 0.25) is 0 Å². The number of aliphatic hydroxyl groups excluding tert-OH is 1. The van der Waals surface area contributed by atoms with Crippen molar-refractivity contribution in [1.82, 2.24) is 0 Å². The first-order valence-electron chi connectivity index (χ1n) is 8.95. The second-order valence-corrected chi connectivity index (χ2v) is 8.37. The normalized spacial score (nSPS) is 36.2. The number of hydrogen-bond donors (Lipinski definition) is 1. The van der Waals surface area contributed by atoms with Crippen molar-refractivity contribution in [1.29, 1.82) is 0 Å². The van der Waals surface area contributed by atoms with Crippen LogP contribution in [0.2, 0.25) is 0 Å². The summed E-state index contributed by atoms with van der Waals surface area (Å²) in [5.41, 5.74) is -1.02. The predicted octanol–water partition coefficient (Wildman–Crippen LogP) is 2.18. The summed E-state index contributed by atoms with van der Waals surface area (Å²) in [7, 11) is 0. The van der Waals surface area contributed by atoms with E-state index in [1.807, 2.05) is 20.8 Å². The summed E-state index contributed by atoms with van der Waals surface area (Å²) >= 11 is 0. The molecule has 4 rings (SSSR count). The molecule has 5 atom stereocenters. The molecule has 4 bridgehead atoms. The molecule has 136 valence electrons. The van der Waals surface area contributed by atoms with Crippen LogP contribution >= 0.6 is 0 Å². The quantitative estimate of drug-likeness (QED) is 0.589. The highest BCUT2D eigenvalue weighted by Gasteiger charge is 2.54. The van der Waals surface area contributed by atoms with Gasteiger partial charge in [-0.2, -0.15) is 0 Å². The van der Waals surface area contributed by atoms with Crippen molar-refractivity contribution < 1.29 is 28.9 Å². The molecular formula is C18H28O6. The van der Waals surface area contributed by atoms with Gasteiger partial charge in [0.1, 0.15) is 18.3 Å². The van der Waals surface area contributed by atoms with Gasteiger partial charge in [-0.3, -0.25) is 4.79 Å². The van der Waals surface area contributed by atoms with Crippen molar-refractivity contribution in [2.75, 3.05) is 6.61 Å². The Bertz CT molecular complexity index is 516. The van der Waals surface area contributed by atoms with Crippen LogP contribution in [0, 0.1) is 17.3 Å². The van der Waals surface area contributed by atoms with E-state index in [1.165, 1.54) is 0 Å². The summed E-state index contributed by atoms with van der Waals surface area (Å²) < 4.78 is 16.6. The zero-order valence-electron chi connectivity index (χ0n) is 14.7. The summed E-state index contributed by atoms with van der Waals surface area (Å²) in [6, 6.07) is 0. The van der Waals surface area contributed by atoms with E-state index >= 15 is 0 Å². The molecule has 24 heavy (non-hydrogen) atoms. The largest absolute Gasteiger partial charge is 0.462 e. The molecule has 0 aromatic carbocycles. The summed E-state index contributed by atoms with van der Waals surface area (Å²) in [6.45, 7) is 5.45. The number of carbonyl (C=O) groups is 2. The van der Waals surface area contributed by atoms with Gasteiger partial charge in [0.15, 0.2) is 6.29 Å². The number of esters is 2. The van der Waals surface area contributed by atoms with Crippen molar-refractivity contribution in [3.63, 3.8) is 0 Å². The smallest absolute Gasteiger partial charge is 0.332 e. The van der Waals surface area contributed by atoms with Crippen molar-refractivity contribution >= 4 is 11.9 Å². The summed E-state index contributed by atoms with van der Waals surface area (Å²) in [5, 5.41) is 10.0. The van der Waals surface area contributed by atoms with Crippen LogP contribution in [0.15, 0.2) is 0 Å². The molecule has 0 aromatic heterocycles. The lowest BCUT2D eigenvalue weighted by Crippen LogP contribution is -2.48. The fourth-order valence-electron chi connectivity index (χ4n) is 4.32. The molecule has 6 nitrogen and oxygen atoms in total. The molecule has 0 amide bonds. The van der Waals surface area contributed by atoms with Gasteiger partial charge in [-0.15, -0.1) is 0 Å². The average molecular weight is 340 g/mol. The van der Waals surface area contributed by atoms with Crippen LogP contribution < -0.4 is 0 Å². The van der Waals surface area contributed by atoms with Gasteiger partial charge in [-0.25, -0.2) is 4.79 Å². The fourth-order valence-corrected chi connectivity index (χ4v) is 4.32. The number of aliphatic hydroxyl groups is 1. The SMILES string of the molecule is CCC(C)(C)C(O)OCC(=O)OC12CC3CC(C1)OC(=O)C(C3)C2. The molecule has 6 heteroatoms. The Kier molecular flexibility index (Phi) is 4.64. The van der Waals surface area contributed by atoms with Gasteiger partial charge in [-0.1, -0.05) is 20.8 Å². The molecule has 1 N–H and O–H groups in total. The Hall–Kier alpha value is -1.14. The third-order valence-corrected chi connectivity index (χ3v) is 5.98. The van der Waals surface area contributed by atoms with Crippen LogP contribution in [0.25, 0.3) is 0 Å². The summed E-state index contributed by atoms with van der Waals surface area (Å²) in [5.74, 6) is -0.395. The average Bonchev–Trinajstić information content (AvgIpc) is 2.66. The first-order chi connectivity index (χ1) is 11.2. The lowest BCUT2D eigenvalue weighted by atomic mass is 9.65. The third kappa shape index (κ3) is 3.45. The second kappa shape index (κ2) is 6.30. The van der Waals surface area contributed by atoms with Gasteiger partial charge in [0.25, 0.3) is 0 Å². The standard InChI is InChI=1S/C18H28O6/c1-4-17(2,3)16(21)22-10-14(19)24-18-7-11-5-12(8-18)15(20)23-13(6-11)9-18/h11-13,16,21H,4-10H2,1-3H3. The highest BCUT2D eigenvalue weighted by atomic mass is 16.6. The van der Waals surface area contributed by atoms with Gasteiger partial charge in [-0.05, 0) is 31.6 Å². The zero-order valence-corrected chi connectivity index (χ0v) is 14.7. The van der Waals surface area contributed by atoms with E-state index in [0.717, 1.165) is 25.7 Å². The van der Waals surface area contributed by atoms with E-state index in [4.69, 9.17) is 14.2 Å². The van der Waals surface area contributed by atoms with Crippen LogP contribution in [-0.4, -0.2) is 41.6 Å². The number of ether oxygens (including phenoxy) is 3. The van der Waals surface area contributed by atoms with E-state index in [0.29, 0.717) is 18.8 Å². The van der Waals surface area contributed by atoms with E-state index in [-0.39, 0.29) is 24.6 Å².